The number of benzene rings is 1. The minimum Gasteiger partial charge on any atom is -0.355 e. The molecule has 1 saturated heterocycles. The monoisotopic (exact) mass is 353 g/mol. The number of aromatic nitrogens is 2. The first-order valence-corrected chi connectivity index (χ1v) is 9.50. The highest BCUT2D eigenvalue weighted by Gasteiger charge is 2.29. The quantitative estimate of drug-likeness (QED) is 0.677. The maximum Gasteiger partial charge on any atom is 0.193 e. The van der Waals surface area contributed by atoms with Crippen molar-refractivity contribution in [2.75, 3.05) is 26.7 Å². The highest BCUT2D eigenvalue weighted by molar-refractivity contribution is 5.80. The zero-order valence-corrected chi connectivity index (χ0v) is 16.4. The highest BCUT2D eigenvalue weighted by atomic mass is 15.3. The summed E-state index contributed by atoms with van der Waals surface area (Å²) in [5.74, 6) is 1.63. The summed E-state index contributed by atoms with van der Waals surface area (Å²) in [6.07, 6.45) is 7.02. The number of nitrogens with zero attached hydrogens (tertiary/aromatic N) is 4. The average Bonchev–Trinajstić information content (AvgIpc) is 3.18. The van der Waals surface area contributed by atoms with E-state index in [0.29, 0.717) is 12.0 Å². The molecule has 0 radical (unpaired) electrons. The lowest BCUT2D eigenvalue weighted by Gasteiger charge is -2.40. The molecule has 1 aromatic carbocycles. The third-order valence-electron chi connectivity index (χ3n) is 5.58. The van der Waals surface area contributed by atoms with Crippen LogP contribution in [-0.2, 0) is 5.41 Å². The summed E-state index contributed by atoms with van der Waals surface area (Å²) < 4.78 is 2.23. The van der Waals surface area contributed by atoms with Gasteiger partial charge in [0.1, 0.15) is 0 Å². The third kappa shape index (κ3) is 4.09. The molecule has 3 rings (SSSR count). The maximum atomic E-state index is 4.56. The summed E-state index contributed by atoms with van der Waals surface area (Å²) in [5.41, 5.74) is 1.39. The van der Waals surface area contributed by atoms with Gasteiger partial charge in [0.15, 0.2) is 5.96 Å². The van der Waals surface area contributed by atoms with E-state index in [-0.39, 0.29) is 5.41 Å². The second-order valence-corrected chi connectivity index (χ2v) is 7.94. The van der Waals surface area contributed by atoms with E-state index in [4.69, 9.17) is 0 Å². The number of nitrogens with one attached hydrogen (secondary N) is 1. The normalized spacial score (nSPS) is 21.7. The van der Waals surface area contributed by atoms with Crippen LogP contribution < -0.4 is 5.32 Å². The number of piperidine rings is 1. The van der Waals surface area contributed by atoms with Gasteiger partial charge in [-0.25, -0.2) is 4.98 Å². The Kier molecular flexibility index (Phi) is 5.64. The Morgan fingerprint density at radius 1 is 1.31 bits per heavy atom. The van der Waals surface area contributed by atoms with Crippen LogP contribution in [0, 0.1) is 5.92 Å². The maximum absolute atomic E-state index is 4.56. The van der Waals surface area contributed by atoms with E-state index in [2.05, 4.69) is 82.1 Å². The molecule has 26 heavy (non-hydrogen) atoms. The van der Waals surface area contributed by atoms with Gasteiger partial charge in [0, 0.05) is 44.5 Å². The minimum absolute atomic E-state index is 0.0457. The van der Waals surface area contributed by atoms with Crippen LogP contribution >= 0.6 is 0 Å². The van der Waals surface area contributed by atoms with Gasteiger partial charge < -0.3 is 14.8 Å². The number of likely N-dealkylation sites (tertiary alicyclic amines) is 1. The summed E-state index contributed by atoms with van der Waals surface area (Å²) in [6, 6.07) is 11.1. The molecule has 2 unspecified atom stereocenters. The van der Waals surface area contributed by atoms with Crippen LogP contribution in [0.25, 0.3) is 0 Å². The largest absolute Gasteiger partial charge is 0.355 e. The molecule has 1 N–H and O–H groups in total. The lowest BCUT2D eigenvalue weighted by atomic mass is 9.84. The molecular formula is C21H31N5. The fraction of sp³-hybridized carbons (Fsp3) is 0.524. The van der Waals surface area contributed by atoms with Crippen molar-refractivity contribution in [2.24, 2.45) is 10.9 Å². The molecule has 0 amide bonds. The van der Waals surface area contributed by atoms with E-state index < -0.39 is 0 Å². The van der Waals surface area contributed by atoms with Crippen molar-refractivity contribution in [1.82, 2.24) is 19.8 Å². The van der Waals surface area contributed by atoms with Gasteiger partial charge in [-0.2, -0.15) is 0 Å². The summed E-state index contributed by atoms with van der Waals surface area (Å²) in [7, 11) is 1.88. The minimum atomic E-state index is 0.0457. The van der Waals surface area contributed by atoms with E-state index in [1.54, 1.807) is 0 Å². The molecule has 2 aromatic rings. The Morgan fingerprint density at radius 2 is 2.08 bits per heavy atom. The summed E-state index contributed by atoms with van der Waals surface area (Å²) in [4.78, 5) is 11.2. The van der Waals surface area contributed by atoms with E-state index in [1.807, 2.05) is 19.6 Å². The van der Waals surface area contributed by atoms with Crippen LogP contribution in [0.1, 0.15) is 38.8 Å². The molecule has 1 fully saturated rings. The molecular weight excluding hydrogens is 322 g/mol. The van der Waals surface area contributed by atoms with E-state index in [9.17, 15) is 0 Å². The summed E-state index contributed by atoms with van der Waals surface area (Å²) in [6.45, 7) is 9.73. The molecule has 1 aliphatic heterocycles. The number of aliphatic imine (C=N–C) groups is 1. The fourth-order valence-corrected chi connectivity index (χ4v) is 3.72. The van der Waals surface area contributed by atoms with Gasteiger partial charge in [0.25, 0.3) is 0 Å². The second-order valence-electron chi connectivity index (χ2n) is 7.94. The van der Waals surface area contributed by atoms with E-state index in [0.717, 1.165) is 32.0 Å². The fourth-order valence-electron chi connectivity index (χ4n) is 3.72. The van der Waals surface area contributed by atoms with E-state index >= 15 is 0 Å². The molecule has 0 saturated carbocycles. The van der Waals surface area contributed by atoms with Crippen molar-refractivity contribution in [1.29, 1.82) is 0 Å². The van der Waals surface area contributed by atoms with Crippen molar-refractivity contribution in [3.05, 3.63) is 54.6 Å². The Labute approximate surface area is 157 Å². The third-order valence-corrected chi connectivity index (χ3v) is 5.58. The van der Waals surface area contributed by atoms with Crippen LogP contribution in [0.5, 0.6) is 0 Å². The summed E-state index contributed by atoms with van der Waals surface area (Å²) in [5, 5.41) is 3.61. The number of hydrogen-bond donors (Lipinski definition) is 1. The first kappa shape index (κ1) is 18.5. The van der Waals surface area contributed by atoms with Crippen LogP contribution in [0.15, 0.2) is 54.0 Å². The molecule has 0 spiro atoms. The van der Waals surface area contributed by atoms with Gasteiger partial charge in [0.2, 0.25) is 0 Å². The summed E-state index contributed by atoms with van der Waals surface area (Å²) >= 11 is 0. The Bertz CT molecular complexity index is 705. The number of guanidine groups is 1. The molecule has 1 aliphatic rings. The molecule has 2 heterocycles. The zero-order valence-electron chi connectivity index (χ0n) is 16.4. The van der Waals surface area contributed by atoms with Crippen molar-refractivity contribution in [2.45, 2.75) is 38.6 Å². The molecule has 2 atom stereocenters. The van der Waals surface area contributed by atoms with Gasteiger partial charge in [-0.05, 0) is 17.9 Å². The Hall–Kier alpha value is -2.30. The smallest absolute Gasteiger partial charge is 0.193 e. The van der Waals surface area contributed by atoms with Gasteiger partial charge >= 0.3 is 0 Å². The number of imidazole rings is 1. The number of hydrogen-bond acceptors (Lipinski definition) is 2. The lowest BCUT2D eigenvalue weighted by molar-refractivity contribution is 0.188. The first-order chi connectivity index (χ1) is 12.5. The molecule has 5 heteroatoms. The first-order valence-electron chi connectivity index (χ1n) is 9.50. The predicted molar refractivity (Wildman–Crippen MR) is 107 cm³/mol. The molecule has 0 bridgehead atoms. The topological polar surface area (TPSA) is 45.5 Å². The van der Waals surface area contributed by atoms with Crippen molar-refractivity contribution in [3.63, 3.8) is 0 Å². The Morgan fingerprint density at radius 3 is 2.73 bits per heavy atom. The van der Waals surface area contributed by atoms with Crippen molar-refractivity contribution >= 4 is 5.96 Å². The van der Waals surface area contributed by atoms with Crippen LogP contribution in [0.2, 0.25) is 0 Å². The molecule has 5 nitrogen and oxygen atoms in total. The second kappa shape index (κ2) is 7.94. The average molecular weight is 354 g/mol. The zero-order chi connectivity index (χ0) is 18.6. The van der Waals surface area contributed by atoms with Crippen molar-refractivity contribution < 1.29 is 0 Å². The van der Waals surface area contributed by atoms with Crippen LogP contribution in [0.3, 0.4) is 0 Å². The predicted octanol–water partition coefficient (Wildman–Crippen LogP) is 3.32. The molecule has 140 valence electrons. The Balaban J connectivity index is 1.65. The van der Waals surface area contributed by atoms with Crippen molar-refractivity contribution in [3.8, 4) is 0 Å². The standard InChI is InChI=1S/C21H31N5/c1-17-10-12-25(14-19(17)26-13-11-23-16-26)20(22-4)24-15-21(2,3)18-8-6-5-7-9-18/h5-9,11,13,16-17,19H,10,12,14-15H2,1-4H3,(H,22,24). The van der Waals surface area contributed by atoms with Gasteiger partial charge in [-0.1, -0.05) is 51.1 Å². The van der Waals surface area contributed by atoms with E-state index in [1.165, 1.54) is 5.56 Å². The molecule has 1 aromatic heterocycles. The van der Waals surface area contributed by atoms with Gasteiger partial charge in [-0.3, -0.25) is 4.99 Å². The van der Waals surface area contributed by atoms with Crippen LogP contribution in [-0.4, -0.2) is 47.1 Å². The number of rotatable bonds is 4. The highest BCUT2D eigenvalue weighted by Crippen LogP contribution is 2.27. The SMILES string of the molecule is CN=C(NCC(C)(C)c1ccccc1)N1CCC(C)C(n2ccnc2)C1. The van der Waals surface area contributed by atoms with Gasteiger partial charge in [0.05, 0.1) is 12.4 Å². The van der Waals surface area contributed by atoms with Crippen LogP contribution in [0.4, 0.5) is 0 Å². The van der Waals surface area contributed by atoms with Gasteiger partial charge in [-0.15, -0.1) is 0 Å². The lowest BCUT2D eigenvalue weighted by Crippen LogP contribution is -2.51. The molecule has 0 aliphatic carbocycles.